The van der Waals surface area contributed by atoms with Gasteiger partial charge in [-0.1, -0.05) is 17.3 Å². The fraction of sp³-hybridized carbons (Fsp3) is 0.182. The second kappa shape index (κ2) is 7.58. The molecule has 2 aromatic heterocycles. The Balaban J connectivity index is 1.84. The maximum atomic E-state index is 14.2. The van der Waals surface area contributed by atoms with E-state index < -0.39 is 17.4 Å². The van der Waals surface area contributed by atoms with Crippen LogP contribution in [0.1, 0.15) is 29.1 Å². The van der Waals surface area contributed by atoms with Crippen LogP contribution in [0.2, 0.25) is 0 Å². The second-order valence-corrected chi connectivity index (χ2v) is 8.78. The van der Waals surface area contributed by atoms with Gasteiger partial charge in [0.15, 0.2) is 0 Å². The molecule has 4 aromatic rings. The van der Waals surface area contributed by atoms with Gasteiger partial charge in [-0.2, -0.15) is 5.26 Å². The third-order valence-corrected chi connectivity index (χ3v) is 5.83. The van der Waals surface area contributed by atoms with Crippen LogP contribution in [0.3, 0.4) is 0 Å². The number of hydrogen-bond donors (Lipinski definition) is 2. The molecule has 2 aromatic carbocycles. The van der Waals surface area contributed by atoms with E-state index in [4.69, 9.17) is 5.26 Å². The van der Waals surface area contributed by atoms with Gasteiger partial charge >= 0.3 is 5.97 Å². The van der Waals surface area contributed by atoms with Crippen molar-refractivity contribution in [3.8, 4) is 27.6 Å². The van der Waals surface area contributed by atoms with Crippen LogP contribution in [-0.4, -0.2) is 36.8 Å². The lowest BCUT2D eigenvalue weighted by Gasteiger charge is -2.16. The summed E-state index contributed by atoms with van der Waals surface area (Å²) in [5, 5.41) is 36.8. The number of aromatic nitrogens is 3. The van der Waals surface area contributed by atoms with E-state index in [0.717, 1.165) is 16.9 Å². The number of carbonyl (C=O) groups is 1. The molecule has 2 heterocycles. The van der Waals surface area contributed by atoms with E-state index >= 15 is 0 Å². The molecule has 0 fully saturated rings. The first-order valence-electron chi connectivity index (χ1n) is 9.29. The van der Waals surface area contributed by atoms with Gasteiger partial charge in [-0.05, 0) is 55.3 Å². The van der Waals surface area contributed by atoms with Crippen molar-refractivity contribution in [1.82, 2.24) is 15.0 Å². The molecule has 0 aliphatic rings. The van der Waals surface area contributed by atoms with E-state index in [1.807, 2.05) is 6.07 Å². The zero-order chi connectivity index (χ0) is 22.3. The predicted molar refractivity (Wildman–Crippen MR) is 114 cm³/mol. The largest absolute Gasteiger partial charge is 0.477 e. The van der Waals surface area contributed by atoms with Crippen molar-refractivity contribution >= 4 is 28.3 Å². The standard InChI is InChI=1S/C22H17FN4O3S/c1-22(2,30)11-27-18-6-5-13(8-17(18)25-26-27)20-15(9-19(31-20)21(28)29)12-3-4-14(10-24)16(23)7-12/h3-9,30H,11H2,1-2H3,(H,28,29). The fourth-order valence-electron chi connectivity index (χ4n) is 3.30. The highest BCUT2D eigenvalue weighted by atomic mass is 32.1. The van der Waals surface area contributed by atoms with Gasteiger partial charge in [-0.25, -0.2) is 13.9 Å². The summed E-state index contributed by atoms with van der Waals surface area (Å²) in [6, 6.07) is 12.9. The van der Waals surface area contributed by atoms with E-state index in [0.29, 0.717) is 27.1 Å². The Morgan fingerprint density at radius 1 is 1.23 bits per heavy atom. The lowest BCUT2D eigenvalue weighted by atomic mass is 10.0. The maximum Gasteiger partial charge on any atom is 0.345 e. The fourth-order valence-corrected chi connectivity index (χ4v) is 4.31. The molecular formula is C22H17FN4O3S. The summed E-state index contributed by atoms with van der Waals surface area (Å²) in [5.74, 6) is -1.75. The van der Waals surface area contributed by atoms with Gasteiger partial charge in [0.1, 0.15) is 22.3 Å². The van der Waals surface area contributed by atoms with Crippen LogP contribution in [-0.2, 0) is 6.54 Å². The molecule has 2 N–H and O–H groups in total. The second-order valence-electron chi connectivity index (χ2n) is 7.73. The van der Waals surface area contributed by atoms with Crippen LogP contribution in [0.5, 0.6) is 0 Å². The van der Waals surface area contributed by atoms with Crippen LogP contribution in [0, 0.1) is 17.1 Å². The van der Waals surface area contributed by atoms with Crippen LogP contribution in [0.25, 0.3) is 32.6 Å². The van der Waals surface area contributed by atoms with E-state index in [1.54, 1.807) is 42.8 Å². The molecule has 0 amide bonds. The van der Waals surface area contributed by atoms with Gasteiger partial charge in [0.25, 0.3) is 0 Å². The number of benzene rings is 2. The monoisotopic (exact) mass is 436 g/mol. The Hall–Kier alpha value is -3.61. The van der Waals surface area contributed by atoms with Gasteiger partial charge in [0.2, 0.25) is 0 Å². The van der Waals surface area contributed by atoms with Crippen LogP contribution in [0.4, 0.5) is 4.39 Å². The Morgan fingerprint density at radius 3 is 2.61 bits per heavy atom. The number of nitriles is 1. The molecule has 4 rings (SSSR count). The molecule has 9 heteroatoms. The van der Waals surface area contributed by atoms with Crippen molar-refractivity contribution in [2.24, 2.45) is 0 Å². The topological polar surface area (TPSA) is 112 Å². The van der Waals surface area contributed by atoms with Crippen molar-refractivity contribution in [2.45, 2.75) is 26.0 Å². The van der Waals surface area contributed by atoms with Crippen LogP contribution < -0.4 is 0 Å². The number of fused-ring (bicyclic) bond motifs is 1. The molecule has 0 bridgehead atoms. The molecule has 31 heavy (non-hydrogen) atoms. The summed E-state index contributed by atoms with van der Waals surface area (Å²) < 4.78 is 15.8. The molecule has 0 unspecified atom stereocenters. The first kappa shape index (κ1) is 20.7. The number of aliphatic hydroxyl groups is 1. The van der Waals surface area contributed by atoms with Crippen molar-refractivity contribution < 1.29 is 19.4 Å². The molecule has 0 spiro atoms. The quantitative estimate of drug-likeness (QED) is 0.482. The molecule has 0 aliphatic heterocycles. The number of carboxylic acids is 1. The van der Waals surface area contributed by atoms with Gasteiger partial charge in [0, 0.05) is 10.4 Å². The number of hydrogen-bond acceptors (Lipinski definition) is 6. The maximum absolute atomic E-state index is 14.2. The third kappa shape index (κ3) is 4.03. The number of aromatic carboxylic acids is 1. The van der Waals surface area contributed by atoms with Gasteiger partial charge in [-0.15, -0.1) is 16.4 Å². The molecule has 7 nitrogen and oxygen atoms in total. The summed E-state index contributed by atoms with van der Waals surface area (Å²) in [6.07, 6.45) is 0. The van der Waals surface area contributed by atoms with Crippen LogP contribution >= 0.6 is 11.3 Å². The molecule has 0 atom stereocenters. The van der Waals surface area contributed by atoms with Gasteiger partial charge < -0.3 is 10.2 Å². The van der Waals surface area contributed by atoms with Crippen molar-refractivity contribution in [3.63, 3.8) is 0 Å². The van der Waals surface area contributed by atoms with Crippen molar-refractivity contribution in [3.05, 3.63) is 58.7 Å². The zero-order valence-corrected chi connectivity index (χ0v) is 17.4. The van der Waals surface area contributed by atoms with Crippen LogP contribution in [0.15, 0.2) is 42.5 Å². The third-order valence-electron chi connectivity index (χ3n) is 4.66. The summed E-state index contributed by atoms with van der Waals surface area (Å²) in [4.78, 5) is 12.3. The average Bonchev–Trinajstić information content (AvgIpc) is 3.31. The van der Waals surface area contributed by atoms with Gasteiger partial charge in [-0.3, -0.25) is 0 Å². The van der Waals surface area contributed by atoms with E-state index in [9.17, 15) is 19.4 Å². The predicted octanol–water partition coefficient (Wildman–Crippen LogP) is 4.31. The smallest absolute Gasteiger partial charge is 0.345 e. The highest BCUT2D eigenvalue weighted by Crippen LogP contribution is 2.40. The number of nitrogens with zero attached hydrogens (tertiary/aromatic N) is 4. The molecule has 0 aliphatic carbocycles. The molecule has 0 saturated heterocycles. The first-order valence-corrected chi connectivity index (χ1v) is 10.1. The van der Waals surface area contributed by atoms with E-state index in [-0.39, 0.29) is 17.0 Å². The SMILES string of the molecule is CC(C)(O)Cn1nnc2cc(-c3sc(C(=O)O)cc3-c3ccc(C#N)c(F)c3)ccc21. The minimum Gasteiger partial charge on any atom is -0.477 e. The summed E-state index contributed by atoms with van der Waals surface area (Å²) in [6.45, 7) is 3.62. The van der Waals surface area contributed by atoms with Crippen molar-refractivity contribution in [2.75, 3.05) is 0 Å². The van der Waals surface area contributed by atoms with Gasteiger partial charge in [0.05, 0.1) is 23.2 Å². The van der Waals surface area contributed by atoms with E-state index in [1.165, 1.54) is 18.2 Å². The number of carboxylic acid groups (broad SMARTS) is 1. The number of rotatable bonds is 5. The Kier molecular flexibility index (Phi) is 5.05. The summed E-state index contributed by atoms with van der Waals surface area (Å²) in [5.41, 5.74) is 2.01. The summed E-state index contributed by atoms with van der Waals surface area (Å²) >= 11 is 1.07. The zero-order valence-electron chi connectivity index (χ0n) is 16.6. The number of halogens is 1. The molecular weight excluding hydrogens is 419 g/mol. The minimum absolute atomic E-state index is 0.0798. The highest BCUT2D eigenvalue weighted by molar-refractivity contribution is 7.18. The first-order chi connectivity index (χ1) is 14.7. The Morgan fingerprint density at radius 2 is 1.97 bits per heavy atom. The highest BCUT2D eigenvalue weighted by Gasteiger charge is 2.20. The molecule has 0 radical (unpaired) electrons. The molecule has 156 valence electrons. The van der Waals surface area contributed by atoms with Crippen molar-refractivity contribution in [1.29, 1.82) is 5.26 Å². The minimum atomic E-state index is -1.08. The Bertz CT molecular complexity index is 1360. The normalized spacial score (nSPS) is 11.6. The summed E-state index contributed by atoms with van der Waals surface area (Å²) in [7, 11) is 0. The number of thiophene rings is 1. The average molecular weight is 436 g/mol. The molecule has 0 saturated carbocycles. The lowest BCUT2D eigenvalue weighted by Crippen LogP contribution is -2.26. The Labute approximate surface area is 180 Å². The van der Waals surface area contributed by atoms with E-state index in [2.05, 4.69) is 10.3 Å². The lowest BCUT2D eigenvalue weighted by molar-refractivity contribution is 0.0584.